The van der Waals surface area contributed by atoms with Crippen LogP contribution < -0.4 is 16.4 Å². The van der Waals surface area contributed by atoms with E-state index in [-0.39, 0.29) is 52.5 Å². The Labute approximate surface area is 244 Å². The van der Waals surface area contributed by atoms with Gasteiger partial charge in [0.25, 0.3) is 5.91 Å². The average Bonchev–Trinajstić information content (AvgIpc) is 3.43. The van der Waals surface area contributed by atoms with Gasteiger partial charge in [0.2, 0.25) is 6.41 Å². The highest BCUT2D eigenvalue weighted by molar-refractivity contribution is 5.94. The lowest BCUT2D eigenvalue weighted by atomic mass is 10.0. The van der Waals surface area contributed by atoms with Crippen molar-refractivity contribution in [3.63, 3.8) is 0 Å². The molecule has 0 bridgehead atoms. The Morgan fingerprint density at radius 3 is 2.49 bits per heavy atom. The maximum atomic E-state index is 13.7. The first-order chi connectivity index (χ1) is 20.7. The number of pyridine rings is 3. The number of nitrogens with two attached hydrogens (primary N) is 1. The van der Waals surface area contributed by atoms with Gasteiger partial charge in [-0.1, -0.05) is 18.2 Å². The molecule has 220 valence electrons. The summed E-state index contributed by atoms with van der Waals surface area (Å²) in [7, 11) is 0. The first-order valence-corrected chi connectivity index (χ1v) is 13.0. The molecule has 9 nitrogen and oxygen atoms in total. The Hall–Kier alpha value is -5.52. The molecule has 0 unspecified atom stereocenters. The molecular formula is C31H27F3N6O3. The molecule has 0 aliphatic heterocycles. The zero-order valence-electron chi connectivity index (χ0n) is 22.9. The van der Waals surface area contributed by atoms with Crippen LogP contribution in [-0.4, -0.2) is 27.3 Å². The van der Waals surface area contributed by atoms with E-state index in [9.17, 15) is 22.8 Å². The molecule has 5 rings (SSSR count). The molecule has 0 atom stereocenters. The molecule has 4 aromatic heterocycles. The Kier molecular flexibility index (Phi) is 9.84. The van der Waals surface area contributed by atoms with Gasteiger partial charge in [0.15, 0.2) is 0 Å². The van der Waals surface area contributed by atoms with Crippen molar-refractivity contribution in [2.75, 3.05) is 5.73 Å². The van der Waals surface area contributed by atoms with Crippen LogP contribution in [0.4, 0.5) is 19.0 Å². The molecule has 0 radical (unpaired) electrons. The number of alkyl halides is 3. The van der Waals surface area contributed by atoms with Gasteiger partial charge in [0, 0.05) is 42.3 Å². The number of benzene rings is 1. The number of amides is 2. The number of nitrogens with zero attached hydrogens (tertiary/aromatic N) is 3. The highest BCUT2D eigenvalue weighted by atomic mass is 19.4. The van der Waals surface area contributed by atoms with Crippen LogP contribution in [0.2, 0.25) is 0 Å². The summed E-state index contributed by atoms with van der Waals surface area (Å²) in [6, 6.07) is 14.2. The smallest absolute Gasteiger partial charge is 0.420 e. The lowest BCUT2D eigenvalue weighted by Gasteiger charge is -2.10. The van der Waals surface area contributed by atoms with Crippen LogP contribution in [0.25, 0.3) is 28.3 Å². The van der Waals surface area contributed by atoms with Gasteiger partial charge in [-0.15, -0.1) is 0 Å². The highest BCUT2D eigenvalue weighted by Gasteiger charge is 2.35. The summed E-state index contributed by atoms with van der Waals surface area (Å²) < 4.78 is 46.3. The summed E-state index contributed by atoms with van der Waals surface area (Å²) in [5.74, 6) is 0.382. The molecule has 0 spiro atoms. The van der Waals surface area contributed by atoms with E-state index in [0.29, 0.717) is 12.2 Å². The number of hydrogen-bond acceptors (Lipinski definition) is 7. The average molecular weight is 589 g/mol. The van der Waals surface area contributed by atoms with E-state index in [2.05, 4.69) is 25.6 Å². The van der Waals surface area contributed by atoms with Crippen molar-refractivity contribution in [3.05, 3.63) is 113 Å². The summed E-state index contributed by atoms with van der Waals surface area (Å²) in [6.45, 7) is 2.21. The van der Waals surface area contributed by atoms with Gasteiger partial charge in [-0.3, -0.25) is 19.6 Å². The maximum absolute atomic E-state index is 13.7. The molecule has 0 aliphatic carbocycles. The summed E-state index contributed by atoms with van der Waals surface area (Å²) in [4.78, 5) is 34.9. The second kappa shape index (κ2) is 13.9. The topological polar surface area (TPSA) is 136 Å². The molecule has 4 heterocycles. The van der Waals surface area contributed by atoms with Crippen molar-refractivity contribution in [2.24, 2.45) is 0 Å². The third-order valence-corrected chi connectivity index (χ3v) is 6.00. The first-order valence-electron chi connectivity index (χ1n) is 13.0. The Bertz CT molecular complexity index is 1700. The van der Waals surface area contributed by atoms with E-state index in [1.165, 1.54) is 30.5 Å². The van der Waals surface area contributed by atoms with Crippen molar-refractivity contribution in [2.45, 2.75) is 26.2 Å². The predicted octanol–water partition coefficient (Wildman–Crippen LogP) is 5.78. The monoisotopic (exact) mass is 588 g/mol. The molecule has 4 N–H and O–H groups in total. The molecular weight excluding hydrogens is 561 g/mol. The summed E-state index contributed by atoms with van der Waals surface area (Å²) in [6.07, 6.45) is 6.03. The van der Waals surface area contributed by atoms with Gasteiger partial charge in [-0.2, -0.15) is 13.2 Å². The molecule has 43 heavy (non-hydrogen) atoms. The van der Waals surface area contributed by atoms with Gasteiger partial charge in [0.1, 0.15) is 17.2 Å². The first kappa shape index (κ1) is 30.4. The summed E-state index contributed by atoms with van der Waals surface area (Å²) in [5.41, 5.74) is 6.77. The van der Waals surface area contributed by atoms with Crippen LogP contribution in [0.1, 0.15) is 39.7 Å². The number of allylic oxidation sites excluding steroid dienone is 1. The van der Waals surface area contributed by atoms with Crippen LogP contribution in [0.15, 0.2) is 89.9 Å². The predicted molar refractivity (Wildman–Crippen MR) is 156 cm³/mol. The minimum atomic E-state index is -4.66. The van der Waals surface area contributed by atoms with Gasteiger partial charge in [-0.25, -0.2) is 4.98 Å². The number of nitrogens with one attached hydrogen (secondary N) is 2. The molecule has 0 aliphatic rings. The van der Waals surface area contributed by atoms with Crippen molar-refractivity contribution >= 4 is 35.2 Å². The van der Waals surface area contributed by atoms with Crippen LogP contribution in [0.3, 0.4) is 0 Å². The number of anilines is 1. The van der Waals surface area contributed by atoms with Crippen LogP contribution in [0, 0.1) is 0 Å². The molecule has 12 heteroatoms. The van der Waals surface area contributed by atoms with Crippen molar-refractivity contribution in [1.29, 1.82) is 0 Å². The van der Waals surface area contributed by atoms with E-state index in [4.69, 9.17) is 10.2 Å². The SMILES string of the molecule is C/C=C/c1ccc(N)nc1.O=CNCc1cc2cc(-c3ccc(C(=O)NCc4cccnc4)cn3)cc(C(F)(F)F)c2o1. The molecule has 0 saturated heterocycles. The summed E-state index contributed by atoms with van der Waals surface area (Å²) >= 11 is 0. The molecule has 0 saturated carbocycles. The molecule has 2 amide bonds. The number of fused-ring (bicyclic) bond motifs is 1. The van der Waals surface area contributed by atoms with Crippen LogP contribution in [0.5, 0.6) is 0 Å². The standard InChI is InChI=1S/C23H17F3N4O3.C8H10N2/c24-23(25,26)19-8-16(6-17-7-18(12-28-13-31)33-21(17)19)20-4-3-15(11-29-20)22(32)30-10-14-2-1-5-27-9-14;1-2-3-7-4-5-8(9)10-6-7/h1-9,11,13H,10,12H2,(H,28,31)(H,30,32);2-6H,1H3,(H2,9,10)/b;3-2+. The minimum absolute atomic E-state index is 0.0358. The number of carbonyl (C=O) groups is 2. The van der Waals surface area contributed by atoms with Crippen LogP contribution in [-0.2, 0) is 24.1 Å². The fourth-order valence-electron chi connectivity index (χ4n) is 3.99. The minimum Gasteiger partial charge on any atom is -0.459 e. The zero-order valence-corrected chi connectivity index (χ0v) is 22.9. The van der Waals surface area contributed by atoms with E-state index in [1.54, 1.807) is 30.7 Å². The number of halogens is 3. The normalized spacial score (nSPS) is 11.2. The number of nitrogen functional groups attached to an aromatic ring is 1. The highest BCUT2D eigenvalue weighted by Crippen LogP contribution is 2.39. The lowest BCUT2D eigenvalue weighted by Crippen LogP contribution is -2.22. The Morgan fingerprint density at radius 1 is 1.02 bits per heavy atom. The Balaban J connectivity index is 0.000000359. The molecule has 1 aromatic carbocycles. The van der Waals surface area contributed by atoms with Gasteiger partial charge in [-0.05, 0) is 66.6 Å². The maximum Gasteiger partial charge on any atom is 0.420 e. The number of carbonyl (C=O) groups excluding carboxylic acids is 2. The second-order valence-electron chi connectivity index (χ2n) is 9.14. The Morgan fingerprint density at radius 2 is 1.86 bits per heavy atom. The fraction of sp³-hybridized carbons (Fsp3) is 0.129. The number of aromatic nitrogens is 3. The third-order valence-electron chi connectivity index (χ3n) is 6.00. The van der Waals surface area contributed by atoms with Crippen molar-refractivity contribution < 1.29 is 27.2 Å². The lowest BCUT2D eigenvalue weighted by molar-refractivity contribution is -0.136. The molecule has 5 aromatic rings. The van der Waals surface area contributed by atoms with Gasteiger partial charge in [0.05, 0.1) is 23.4 Å². The fourth-order valence-corrected chi connectivity index (χ4v) is 3.99. The van der Waals surface area contributed by atoms with Crippen molar-refractivity contribution in [1.82, 2.24) is 25.6 Å². The van der Waals surface area contributed by atoms with Gasteiger partial charge < -0.3 is 20.8 Å². The van der Waals surface area contributed by atoms with Crippen molar-refractivity contribution in [3.8, 4) is 11.3 Å². The molecule has 0 fully saturated rings. The quantitative estimate of drug-likeness (QED) is 0.196. The van der Waals surface area contributed by atoms with E-state index in [0.717, 1.165) is 17.2 Å². The second-order valence-corrected chi connectivity index (χ2v) is 9.14. The van der Waals surface area contributed by atoms with E-state index >= 15 is 0 Å². The third kappa shape index (κ3) is 8.26. The van der Waals surface area contributed by atoms with E-state index in [1.807, 2.05) is 31.2 Å². The van der Waals surface area contributed by atoms with Gasteiger partial charge >= 0.3 is 6.18 Å². The number of rotatable bonds is 8. The largest absolute Gasteiger partial charge is 0.459 e. The number of hydrogen-bond donors (Lipinski definition) is 3. The van der Waals surface area contributed by atoms with E-state index < -0.39 is 11.7 Å². The van der Waals surface area contributed by atoms with Crippen LogP contribution >= 0.6 is 0 Å². The zero-order chi connectivity index (χ0) is 30.8. The number of furan rings is 1. The summed E-state index contributed by atoms with van der Waals surface area (Å²) in [5, 5.41) is 5.32.